The van der Waals surface area contributed by atoms with Crippen molar-refractivity contribution < 1.29 is 13.5 Å². The molecule has 0 aliphatic carbocycles. The zero-order valence-corrected chi connectivity index (χ0v) is 16.2. The van der Waals surface area contributed by atoms with Crippen LogP contribution in [0.3, 0.4) is 0 Å². The third-order valence-corrected chi connectivity index (χ3v) is 5.25. The first-order valence-corrected chi connectivity index (χ1v) is 9.66. The Bertz CT molecular complexity index is 1230. The summed E-state index contributed by atoms with van der Waals surface area (Å²) in [5.74, 6) is 0.875. The van der Waals surface area contributed by atoms with Gasteiger partial charge in [-0.25, -0.2) is 4.98 Å². The molecule has 0 fully saturated rings. The first-order chi connectivity index (χ1) is 14.6. The van der Waals surface area contributed by atoms with Crippen molar-refractivity contribution in [1.82, 2.24) is 9.55 Å². The third kappa shape index (κ3) is 3.30. The summed E-state index contributed by atoms with van der Waals surface area (Å²) in [6.07, 6.45) is 2.13. The molecule has 6 heteroatoms. The van der Waals surface area contributed by atoms with E-state index in [-0.39, 0.29) is 11.8 Å². The molecule has 1 atom stereocenters. The number of aryl methyl sites for hydroxylation is 1. The van der Waals surface area contributed by atoms with Gasteiger partial charge in [-0.2, -0.15) is 8.78 Å². The Morgan fingerprint density at radius 1 is 0.967 bits per heavy atom. The number of para-hydroxylation sites is 2. The molecule has 5 rings (SSSR count). The maximum absolute atomic E-state index is 12.5. The minimum atomic E-state index is -2.84. The predicted molar refractivity (Wildman–Crippen MR) is 114 cm³/mol. The van der Waals surface area contributed by atoms with Crippen LogP contribution in [0, 0.1) is 6.92 Å². The number of rotatable bonds is 4. The van der Waals surface area contributed by atoms with E-state index in [0.29, 0.717) is 0 Å². The number of imidazole rings is 1. The Morgan fingerprint density at radius 2 is 1.70 bits per heavy atom. The molecule has 1 aliphatic heterocycles. The van der Waals surface area contributed by atoms with Gasteiger partial charge in [-0.3, -0.25) is 4.57 Å². The molecule has 0 saturated carbocycles. The van der Waals surface area contributed by atoms with E-state index in [1.165, 1.54) is 5.56 Å². The highest BCUT2D eigenvalue weighted by Gasteiger charge is 2.25. The fraction of sp³-hybridized carbons (Fsp3) is 0.125. The molecule has 1 aromatic heterocycles. The van der Waals surface area contributed by atoms with Gasteiger partial charge >= 0.3 is 6.61 Å². The zero-order chi connectivity index (χ0) is 20.7. The molecule has 3 aromatic carbocycles. The maximum Gasteiger partial charge on any atom is 0.387 e. The van der Waals surface area contributed by atoms with E-state index < -0.39 is 6.61 Å². The maximum atomic E-state index is 12.5. The largest absolute Gasteiger partial charge is 0.435 e. The number of ether oxygens (including phenoxy) is 1. The molecule has 0 amide bonds. The zero-order valence-electron chi connectivity index (χ0n) is 16.2. The third-order valence-electron chi connectivity index (χ3n) is 5.25. The Kier molecular flexibility index (Phi) is 4.47. The van der Waals surface area contributed by atoms with Crippen LogP contribution >= 0.6 is 0 Å². The highest BCUT2D eigenvalue weighted by molar-refractivity contribution is 5.85. The predicted octanol–water partition coefficient (Wildman–Crippen LogP) is 6.00. The number of nitrogens with zero attached hydrogens (tertiary/aromatic N) is 2. The quantitative estimate of drug-likeness (QED) is 0.454. The van der Waals surface area contributed by atoms with Crippen LogP contribution in [0.2, 0.25) is 0 Å². The summed E-state index contributed by atoms with van der Waals surface area (Å²) in [7, 11) is 0. The number of allylic oxidation sites excluding steroid dienone is 1. The number of aromatic nitrogens is 2. The highest BCUT2D eigenvalue weighted by atomic mass is 19.3. The lowest BCUT2D eigenvalue weighted by molar-refractivity contribution is -0.0498. The number of halogens is 2. The number of alkyl halides is 2. The van der Waals surface area contributed by atoms with Crippen LogP contribution in [0.15, 0.2) is 78.9 Å². The molecule has 2 heterocycles. The van der Waals surface area contributed by atoms with Gasteiger partial charge in [0.2, 0.25) is 5.95 Å². The fourth-order valence-corrected chi connectivity index (χ4v) is 3.80. The summed E-state index contributed by atoms with van der Waals surface area (Å²) < 4.78 is 31.5. The second-order valence-corrected chi connectivity index (χ2v) is 7.26. The lowest BCUT2D eigenvalue weighted by Crippen LogP contribution is -2.19. The van der Waals surface area contributed by atoms with Gasteiger partial charge in [0.15, 0.2) is 0 Å². The van der Waals surface area contributed by atoms with Crippen LogP contribution in [0.4, 0.5) is 14.7 Å². The standard InChI is InChI=1S/C24H19F2N3O/c1-15-6-8-17(9-7-15)22-14-20(16-10-12-18(13-11-16)30-23(25)26)28-24-27-19-4-2-3-5-21(19)29(22)24/h2-14,22-23H,1H3,(H,27,28). The monoisotopic (exact) mass is 403 g/mol. The van der Waals surface area contributed by atoms with Crippen molar-refractivity contribution in [3.63, 3.8) is 0 Å². The number of hydrogen-bond donors (Lipinski definition) is 1. The molecule has 30 heavy (non-hydrogen) atoms. The molecule has 4 aromatic rings. The topological polar surface area (TPSA) is 39.1 Å². The van der Waals surface area contributed by atoms with Crippen molar-refractivity contribution in [2.45, 2.75) is 19.6 Å². The Hall–Kier alpha value is -3.67. The van der Waals surface area contributed by atoms with Crippen molar-refractivity contribution in [2.75, 3.05) is 5.32 Å². The van der Waals surface area contributed by atoms with Gasteiger partial charge in [0.05, 0.1) is 17.1 Å². The minimum Gasteiger partial charge on any atom is -0.435 e. The molecule has 0 saturated heterocycles. The fourth-order valence-electron chi connectivity index (χ4n) is 3.80. The summed E-state index contributed by atoms with van der Waals surface area (Å²) in [6, 6.07) is 23.0. The summed E-state index contributed by atoms with van der Waals surface area (Å²) in [5, 5.41) is 3.40. The smallest absolute Gasteiger partial charge is 0.387 e. The van der Waals surface area contributed by atoms with Crippen LogP contribution in [-0.2, 0) is 0 Å². The average molecular weight is 403 g/mol. The number of benzene rings is 3. The van der Waals surface area contributed by atoms with Gasteiger partial charge in [-0.05, 0) is 60.5 Å². The van der Waals surface area contributed by atoms with E-state index in [4.69, 9.17) is 4.98 Å². The van der Waals surface area contributed by atoms with Crippen molar-refractivity contribution in [2.24, 2.45) is 0 Å². The lowest BCUT2D eigenvalue weighted by atomic mass is 10.00. The van der Waals surface area contributed by atoms with Crippen molar-refractivity contribution >= 4 is 22.7 Å². The van der Waals surface area contributed by atoms with E-state index in [2.05, 4.69) is 58.0 Å². The summed E-state index contributed by atoms with van der Waals surface area (Å²) in [6.45, 7) is -0.775. The molecule has 0 radical (unpaired) electrons. The van der Waals surface area contributed by atoms with Crippen LogP contribution in [-0.4, -0.2) is 16.2 Å². The highest BCUT2D eigenvalue weighted by Crippen LogP contribution is 2.37. The summed E-state index contributed by atoms with van der Waals surface area (Å²) in [5.41, 5.74) is 6.02. The van der Waals surface area contributed by atoms with Gasteiger partial charge in [-0.1, -0.05) is 42.0 Å². The van der Waals surface area contributed by atoms with E-state index in [1.807, 2.05) is 18.2 Å². The van der Waals surface area contributed by atoms with Crippen molar-refractivity contribution in [1.29, 1.82) is 0 Å². The molecular formula is C24H19F2N3O. The molecule has 1 unspecified atom stereocenters. The van der Waals surface area contributed by atoms with Crippen LogP contribution in [0.25, 0.3) is 16.7 Å². The molecule has 1 aliphatic rings. The number of hydrogen-bond acceptors (Lipinski definition) is 3. The molecule has 150 valence electrons. The van der Waals surface area contributed by atoms with Crippen molar-refractivity contribution in [3.05, 3.63) is 95.6 Å². The average Bonchev–Trinajstić information content (AvgIpc) is 3.12. The minimum absolute atomic E-state index is 0.0544. The Labute approximate surface area is 172 Å². The van der Waals surface area contributed by atoms with Crippen molar-refractivity contribution in [3.8, 4) is 5.75 Å². The van der Waals surface area contributed by atoms with E-state index in [9.17, 15) is 8.78 Å². The van der Waals surface area contributed by atoms with Gasteiger partial charge in [0.1, 0.15) is 5.75 Å². The Balaban J connectivity index is 1.60. The first kappa shape index (κ1) is 18.4. The molecule has 0 bridgehead atoms. The van der Waals surface area contributed by atoms with Gasteiger partial charge in [0.25, 0.3) is 0 Å². The number of fused-ring (bicyclic) bond motifs is 3. The summed E-state index contributed by atoms with van der Waals surface area (Å²) >= 11 is 0. The molecule has 1 N–H and O–H groups in total. The molecule has 0 spiro atoms. The number of anilines is 1. The Morgan fingerprint density at radius 3 is 2.43 bits per heavy atom. The van der Waals surface area contributed by atoms with Crippen LogP contribution < -0.4 is 10.1 Å². The van der Waals surface area contributed by atoms with E-state index in [0.717, 1.165) is 33.8 Å². The molecule has 4 nitrogen and oxygen atoms in total. The van der Waals surface area contributed by atoms with Crippen LogP contribution in [0.1, 0.15) is 22.7 Å². The molecular weight excluding hydrogens is 384 g/mol. The van der Waals surface area contributed by atoms with E-state index >= 15 is 0 Å². The van der Waals surface area contributed by atoms with Gasteiger partial charge in [-0.15, -0.1) is 0 Å². The normalized spacial score (nSPS) is 15.6. The SMILES string of the molecule is Cc1ccc(C2C=C(c3ccc(OC(F)F)cc3)Nc3nc4ccccc4n32)cc1. The van der Waals surface area contributed by atoms with E-state index in [1.54, 1.807) is 24.3 Å². The van der Waals surface area contributed by atoms with Crippen LogP contribution in [0.5, 0.6) is 5.75 Å². The second kappa shape index (κ2) is 7.30. The lowest BCUT2D eigenvalue weighted by Gasteiger charge is -2.26. The summed E-state index contributed by atoms with van der Waals surface area (Å²) in [4.78, 5) is 4.77. The number of nitrogens with one attached hydrogen (secondary N) is 1. The van der Waals surface area contributed by atoms with Gasteiger partial charge in [0, 0.05) is 5.70 Å². The second-order valence-electron chi connectivity index (χ2n) is 7.26. The first-order valence-electron chi connectivity index (χ1n) is 9.66. The van der Waals surface area contributed by atoms with Gasteiger partial charge < -0.3 is 10.1 Å².